The summed E-state index contributed by atoms with van der Waals surface area (Å²) in [5.41, 5.74) is 6.83. The molecular weight excluding hydrogens is 242 g/mol. The lowest BCUT2D eigenvalue weighted by atomic mass is 10.1. The standard InChI is InChI=1S/C14H25N3O2/c1-9(2)8-10-13(15)14(19)17(16-10)11-6-4-3-5-7-12(11)18/h9,11-12,16,18H,3-8,15H2,1-2H3. The monoisotopic (exact) mass is 267 g/mol. The second-order valence-electron chi connectivity index (χ2n) is 6.05. The first-order valence-electron chi connectivity index (χ1n) is 7.27. The number of nitrogen functional groups attached to an aromatic ring is 1. The van der Waals surface area contributed by atoms with Crippen molar-refractivity contribution in [3.8, 4) is 0 Å². The summed E-state index contributed by atoms with van der Waals surface area (Å²) in [6.07, 6.45) is 5.10. The number of nitrogens with zero attached hydrogens (tertiary/aromatic N) is 1. The molecular formula is C14H25N3O2. The zero-order valence-electron chi connectivity index (χ0n) is 11.9. The van der Waals surface area contributed by atoms with E-state index >= 15 is 0 Å². The maximum absolute atomic E-state index is 12.2. The van der Waals surface area contributed by atoms with E-state index in [9.17, 15) is 9.90 Å². The summed E-state index contributed by atoms with van der Waals surface area (Å²) in [7, 11) is 0. The molecule has 1 heterocycles. The zero-order valence-corrected chi connectivity index (χ0v) is 11.9. The second-order valence-corrected chi connectivity index (χ2v) is 6.05. The van der Waals surface area contributed by atoms with Gasteiger partial charge in [0.1, 0.15) is 5.69 Å². The van der Waals surface area contributed by atoms with Crippen LogP contribution < -0.4 is 11.3 Å². The van der Waals surface area contributed by atoms with Gasteiger partial charge in [0, 0.05) is 0 Å². The summed E-state index contributed by atoms with van der Waals surface area (Å²) < 4.78 is 1.56. The van der Waals surface area contributed by atoms with Crippen LogP contribution in [0.2, 0.25) is 0 Å². The predicted molar refractivity (Wildman–Crippen MR) is 76.1 cm³/mol. The molecule has 0 saturated heterocycles. The number of hydrogen-bond acceptors (Lipinski definition) is 3. The van der Waals surface area contributed by atoms with E-state index in [1.54, 1.807) is 4.68 Å². The first-order valence-corrected chi connectivity index (χ1v) is 7.27. The second kappa shape index (κ2) is 5.82. The largest absolute Gasteiger partial charge is 0.393 e. The molecule has 0 bridgehead atoms. The fourth-order valence-corrected chi connectivity index (χ4v) is 2.88. The van der Waals surface area contributed by atoms with Gasteiger partial charge in [-0.1, -0.05) is 33.1 Å². The smallest absolute Gasteiger partial charge is 0.290 e. The molecule has 108 valence electrons. The molecule has 1 fully saturated rings. The molecule has 5 nitrogen and oxygen atoms in total. The Labute approximate surface area is 113 Å². The third-order valence-electron chi connectivity index (χ3n) is 3.92. The summed E-state index contributed by atoms with van der Waals surface area (Å²) in [4.78, 5) is 12.2. The summed E-state index contributed by atoms with van der Waals surface area (Å²) in [6, 6.07) is -0.154. The highest BCUT2D eigenvalue weighted by molar-refractivity contribution is 5.41. The van der Waals surface area contributed by atoms with E-state index in [2.05, 4.69) is 18.9 Å². The summed E-state index contributed by atoms with van der Waals surface area (Å²) in [6.45, 7) is 4.19. The Morgan fingerprint density at radius 1 is 1.37 bits per heavy atom. The third kappa shape index (κ3) is 3.03. The fourth-order valence-electron chi connectivity index (χ4n) is 2.88. The van der Waals surface area contributed by atoms with Crippen LogP contribution in [0.15, 0.2) is 4.79 Å². The topological polar surface area (TPSA) is 84.0 Å². The number of aromatic amines is 1. The van der Waals surface area contributed by atoms with Gasteiger partial charge in [0.25, 0.3) is 5.56 Å². The van der Waals surface area contributed by atoms with Crippen molar-refractivity contribution in [1.82, 2.24) is 9.78 Å². The van der Waals surface area contributed by atoms with Crippen molar-refractivity contribution in [1.29, 1.82) is 0 Å². The van der Waals surface area contributed by atoms with E-state index in [0.717, 1.165) is 44.2 Å². The molecule has 0 radical (unpaired) electrons. The molecule has 1 aliphatic carbocycles. The van der Waals surface area contributed by atoms with E-state index in [0.29, 0.717) is 11.6 Å². The van der Waals surface area contributed by atoms with E-state index in [1.807, 2.05) is 0 Å². The van der Waals surface area contributed by atoms with Gasteiger partial charge in [-0.15, -0.1) is 0 Å². The average Bonchev–Trinajstić information content (AvgIpc) is 2.55. The molecule has 19 heavy (non-hydrogen) atoms. The van der Waals surface area contributed by atoms with Crippen molar-refractivity contribution >= 4 is 5.69 Å². The lowest BCUT2D eigenvalue weighted by Gasteiger charge is -2.20. The predicted octanol–water partition coefficient (Wildman–Crippen LogP) is 1.82. The zero-order chi connectivity index (χ0) is 14.0. The van der Waals surface area contributed by atoms with Crippen molar-refractivity contribution in [3.05, 3.63) is 16.0 Å². The summed E-state index contributed by atoms with van der Waals surface area (Å²) >= 11 is 0. The Morgan fingerprint density at radius 2 is 2.05 bits per heavy atom. The normalized spacial score (nSPS) is 24.6. The number of anilines is 1. The SMILES string of the molecule is CC(C)Cc1[nH]n(C2CCCCCC2O)c(=O)c1N. The molecule has 1 aliphatic rings. The van der Waals surface area contributed by atoms with Crippen LogP contribution in [0.5, 0.6) is 0 Å². The number of rotatable bonds is 3. The number of hydrogen-bond donors (Lipinski definition) is 3. The molecule has 2 atom stereocenters. The Balaban J connectivity index is 2.30. The minimum Gasteiger partial charge on any atom is -0.393 e. The minimum atomic E-state index is -0.454. The number of nitrogens with one attached hydrogen (secondary N) is 1. The van der Waals surface area contributed by atoms with Gasteiger partial charge in [-0.2, -0.15) is 0 Å². The molecule has 0 aromatic carbocycles. The molecule has 1 aromatic rings. The van der Waals surface area contributed by atoms with Gasteiger partial charge in [-0.25, -0.2) is 4.68 Å². The lowest BCUT2D eigenvalue weighted by molar-refractivity contribution is 0.0972. The molecule has 1 aromatic heterocycles. The maximum atomic E-state index is 12.2. The first kappa shape index (κ1) is 14.2. The molecule has 2 unspecified atom stereocenters. The van der Waals surface area contributed by atoms with Crippen molar-refractivity contribution in [2.24, 2.45) is 5.92 Å². The highest BCUT2D eigenvalue weighted by Gasteiger charge is 2.26. The molecule has 0 spiro atoms. The molecule has 1 saturated carbocycles. The number of aliphatic hydroxyl groups is 1. The number of H-pyrrole nitrogens is 1. The van der Waals surface area contributed by atoms with E-state index in [-0.39, 0.29) is 11.6 Å². The van der Waals surface area contributed by atoms with Crippen LogP contribution >= 0.6 is 0 Å². The fraction of sp³-hybridized carbons (Fsp3) is 0.786. The molecule has 4 N–H and O–H groups in total. The van der Waals surface area contributed by atoms with Crippen LogP contribution in [-0.4, -0.2) is 21.0 Å². The van der Waals surface area contributed by atoms with Crippen molar-refractivity contribution in [2.75, 3.05) is 5.73 Å². The Morgan fingerprint density at radius 3 is 2.74 bits per heavy atom. The highest BCUT2D eigenvalue weighted by Crippen LogP contribution is 2.27. The first-order chi connectivity index (χ1) is 9.00. The van der Waals surface area contributed by atoms with Gasteiger partial charge in [-0.3, -0.25) is 9.89 Å². The third-order valence-corrected chi connectivity index (χ3v) is 3.92. The van der Waals surface area contributed by atoms with Gasteiger partial charge in [0.2, 0.25) is 0 Å². The molecule has 0 amide bonds. The Bertz CT molecular complexity index is 476. The maximum Gasteiger partial charge on any atom is 0.290 e. The molecule has 2 rings (SSSR count). The number of aliphatic hydroxyl groups excluding tert-OH is 1. The van der Waals surface area contributed by atoms with Crippen LogP contribution in [-0.2, 0) is 6.42 Å². The lowest BCUT2D eigenvalue weighted by Crippen LogP contribution is -2.31. The Kier molecular flexibility index (Phi) is 4.34. The van der Waals surface area contributed by atoms with Crippen LogP contribution in [0, 0.1) is 5.92 Å². The number of aromatic nitrogens is 2. The highest BCUT2D eigenvalue weighted by atomic mass is 16.3. The van der Waals surface area contributed by atoms with Gasteiger partial charge in [0.05, 0.1) is 17.8 Å². The number of nitrogens with two attached hydrogens (primary N) is 1. The summed E-state index contributed by atoms with van der Waals surface area (Å²) in [5, 5.41) is 13.3. The summed E-state index contributed by atoms with van der Waals surface area (Å²) in [5.74, 6) is 0.438. The van der Waals surface area contributed by atoms with Crippen molar-refractivity contribution in [2.45, 2.75) is 64.5 Å². The van der Waals surface area contributed by atoms with Crippen LogP contribution in [0.1, 0.15) is 57.7 Å². The van der Waals surface area contributed by atoms with Gasteiger partial charge in [0.15, 0.2) is 0 Å². The van der Waals surface area contributed by atoms with E-state index in [4.69, 9.17) is 5.73 Å². The minimum absolute atomic E-state index is 0.154. The van der Waals surface area contributed by atoms with Gasteiger partial charge in [-0.05, 0) is 25.2 Å². The Hall–Kier alpha value is -1.23. The molecule has 0 aliphatic heterocycles. The van der Waals surface area contributed by atoms with Crippen LogP contribution in [0.4, 0.5) is 5.69 Å². The van der Waals surface area contributed by atoms with Crippen LogP contribution in [0.3, 0.4) is 0 Å². The van der Waals surface area contributed by atoms with Crippen LogP contribution in [0.25, 0.3) is 0 Å². The van der Waals surface area contributed by atoms with Crippen molar-refractivity contribution < 1.29 is 5.11 Å². The van der Waals surface area contributed by atoms with E-state index < -0.39 is 6.10 Å². The van der Waals surface area contributed by atoms with Gasteiger partial charge < -0.3 is 10.8 Å². The molecule has 5 heteroatoms. The van der Waals surface area contributed by atoms with Gasteiger partial charge >= 0.3 is 0 Å². The van der Waals surface area contributed by atoms with E-state index in [1.165, 1.54) is 0 Å². The quantitative estimate of drug-likeness (QED) is 0.730. The van der Waals surface area contributed by atoms with Crippen molar-refractivity contribution in [3.63, 3.8) is 0 Å². The average molecular weight is 267 g/mol.